The van der Waals surface area contributed by atoms with E-state index in [1.165, 1.54) is 23.5 Å². The molecule has 0 atom stereocenters. The van der Waals surface area contributed by atoms with Crippen molar-refractivity contribution in [1.82, 2.24) is 0 Å². The van der Waals surface area contributed by atoms with Crippen LogP contribution in [0.5, 0.6) is 0 Å². The summed E-state index contributed by atoms with van der Waals surface area (Å²) in [4.78, 5) is 13.2. The van der Waals surface area contributed by atoms with E-state index in [9.17, 15) is 18.0 Å². The molecule has 1 aromatic heterocycles. The zero-order valence-corrected chi connectivity index (χ0v) is 11.4. The van der Waals surface area contributed by atoms with E-state index in [0.717, 1.165) is 23.4 Å². The molecule has 6 heteroatoms. The van der Waals surface area contributed by atoms with Gasteiger partial charge in [0.1, 0.15) is 0 Å². The number of halogens is 3. The SMILES string of the molecule is CCc1cc(C(=O)c2cccc(C(F)(F)F)c2)c(N)s1. The van der Waals surface area contributed by atoms with Gasteiger partial charge in [-0.25, -0.2) is 0 Å². The average molecular weight is 299 g/mol. The Hall–Kier alpha value is -1.82. The number of aryl methyl sites for hydroxylation is 1. The van der Waals surface area contributed by atoms with E-state index >= 15 is 0 Å². The maximum atomic E-state index is 12.6. The summed E-state index contributed by atoms with van der Waals surface area (Å²) in [7, 11) is 0. The minimum atomic E-state index is -4.47. The van der Waals surface area contributed by atoms with Crippen molar-refractivity contribution in [3.05, 3.63) is 51.9 Å². The Bertz CT molecular complexity index is 646. The molecule has 0 saturated heterocycles. The van der Waals surface area contributed by atoms with Gasteiger partial charge in [-0.2, -0.15) is 13.2 Å². The molecule has 0 saturated carbocycles. The Morgan fingerprint density at radius 2 is 2.00 bits per heavy atom. The molecule has 106 valence electrons. The van der Waals surface area contributed by atoms with Gasteiger partial charge in [0.2, 0.25) is 0 Å². The molecule has 0 aliphatic rings. The number of ketones is 1. The number of thiophene rings is 1. The third-order valence-corrected chi connectivity index (χ3v) is 3.97. The third kappa shape index (κ3) is 2.85. The van der Waals surface area contributed by atoms with Crippen molar-refractivity contribution in [3.8, 4) is 0 Å². The largest absolute Gasteiger partial charge is 0.416 e. The summed E-state index contributed by atoms with van der Waals surface area (Å²) in [5.41, 5.74) is 5.18. The number of hydrogen-bond donors (Lipinski definition) is 1. The van der Waals surface area contributed by atoms with Crippen LogP contribution in [0.4, 0.5) is 18.2 Å². The second-order valence-electron chi connectivity index (χ2n) is 4.25. The van der Waals surface area contributed by atoms with Crippen LogP contribution in [0, 0.1) is 0 Å². The van der Waals surface area contributed by atoms with Crippen LogP contribution in [0.15, 0.2) is 30.3 Å². The summed E-state index contributed by atoms with van der Waals surface area (Å²) in [5, 5.41) is 0.337. The molecule has 0 bridgehead atoms. The van der Waals surface area contributed by atoms with Gasteiger partial charge in [-0.05, 0) is 24.6 Å². The van der Waals surface area contributed by atoms with Crippen LogP contribution in [0.25, 0.3) is 0 Å². The van der Waals surface area contributed by atoms with Crippen molar-refractivity contribution in [3.63, 3.8) is 0 Å². The van der Waals surface area contributed by atoms with Crippen molar-refractivity contribution in [2.45, 2.75) is 19.5 Å². The molecule has 0 fully saturated rings. The summed E-state index contributed by atoms with van der Waals surface area (Å²) < 4.78 is 37.9. The molecule has 2 rings (SSSR count). The van der Waals surface area contributed by atoms with E-state index in [1.54, 1.807) is 6.07 Å². The van der Waals surface area contributed by atoms with Gasteiger partial charge < -0.3 is 5.73 Å². The number of rotatable bonds is 3. The van der Waals surface area contributed by atoms with Gasteiger partial charge in [0.15, 0.2) is 5.78 Å². The Kier molecular flexibility index (Phi) is 3.85. The van der Waals surface area contributed by atoms with Crippen molar-refractivity contribution in [1.29, 1.82) is 0 Å². The lowest BCUT2D eigenvalue weighted by Gasteiger charge is -2.08. The average Bonchev–Trinajstić information content (AvgIpc) is 2.78. The molecule has 0 amide bonds. The Morgan fingerprint density at radius 1 is 1.30 bits per heavy atom. The fourth-order valence-corrected chi connectivity index (χ4v) is 2.67. The molecule has 0 unspecified atom stereocenters. The Balaban J connectivity index is 2.41. The zero-order chi connectivity index (χ0) is 14.9. The minimum absolute atomic E-state index is 0.00743. The normalized spacial score (nSPS) is 11.6. The van der Waals surface area contributed by atoms with E-state index in [-0.39, 0.29) is 11.1 Å². The van der Waals surface area contributed by atoms with Gasteiger partial charge in [-0.1, -0.05) is 19.1 Å². The van der Waals surface area contributed by atoms with E-state index < -0.39 is 17.5 Å². The Labute approximate surface area is 118 Å². The molecule has 1 heterocycles. The van der Waals surface area contributed by atoms with Gasteiger partial charge in [0.05, 0.1) is 16.1 Å². The predicted molar refractivity (Wildman–Crippen MR) is 73.0 cm³/mol. The molecule has 1 aromatic carbocycles. The first-order valence-electron chi connectivity index (χ1n) is 5.93. The standard InChI is InChI=1S/C14H12F3NOS/c1-2-10-7-11(13(18)20-10)12(19)8-4-3-5-9(6-8)14(15,16)17/h3-7H,2,18H2,1H3. The molecule has 0 aliphatic carbocycles. The lowest BCUT2D eigenvalue weighted by atomic mass is 10.0. The van der Waals surface area contributed by atoms with Crippen LogP contribution in [0.2, 0.25) is 0 Å². The molecule has 0 spiro atoms. The number of benzene rings is 1. The quantitative estimate of drug-likeness (QED) is 0.865. The molecule has 2 nitrogen and oxygen atoms in total. The number of anilines is 1. The highest BCUT2D eigenvalue weighted by atomic mass is 32.1. The maximum absolute atomic E-state index is 12.6. The predicted octanol–water partition coefficient (Wildman–Crippen LogP) is 4.14. The van der Waals surface area contributed by atoms with Crippen molar-refractivity contribution >= 4 is 22.1 Å². The highest BCUT2D eigenvalue weighted by molar-refractivity contribution is 7.16. The summed E-state index contributed by atoms with van der Waals surface area (Å²) in [6.07, 6.45) is -3.74. The number of carbonyl (C=O) groups is 1. The Morgan fingerprint density at radius 3 is 2.55 bits per heavy atom. The molecule has 2 N–H and O–H groups in total. The van der Waals surface area contributed by atoms with Crippen LogP contribution < -0.4 is 5.73 Å². The minimum Gasteiger partial charge on any atom is -0.390 e. The molecular weight excluding hydrogens is 287 g/mol. The van der Waals surface area contributed by atoms with Crippen molar-refractivity contribution in [2.24, 2.45) is 0 Å². The van der Waals surface area contributed by atoms with Crippen molar-refractivity contribution in [2.75, 3.05) is 5.73 Å². The van der Waals surface area contributed by atoms with Crippen LogP contribution in [0.1, 0.15) is 33.3 Å². The first kappa shape index (κ1) is 14.6. The van der Waals surface area contributed by atoms with Crippen molar-refractivity contribution < 1.29 is 18.0 Å². The molecule has 0 aliphatic heterocycles. The third-order valence-electron chi connectivity index (χ3n) is 2.86. The lowest BCUT2D eigenvalue weighted by Crippen LogP contribution is -2.08. The molecule has 2 aromatic rings. The second kappa shape index (κ2) is 5.28. The van der Waals surface area contributed by atoms with E-state index in [4.69, 9.17) is 5.73 Å². The van der Waals surface area contributed by atoms with Gasteiger partial charge in [0, 0.05) is 10.4 Å². The monoisotopic (exact) mass is 299 g/mol. The molecular formula is C14H12F3NOS. The first-order chi connectivity index (χ1) is 9.32. The van der Waals surface area contributed by atoms with E-state index in [1.807, 2.05) is 6.92 Å². The number of alkyl halides is 3. The fraction of sp³-hybridized carbons (Fsp3) is 0.214. The van der Waals surface area contributed by atoms with Crippen LogP contribution in [-0.4, -0.2) is 5.78 Å². The summed E-state index contributed by atoms with van der Waals surface area (Å²) in [6, 6.07) is 6.01. The molecule has 0 radical (unpaired) electrons. The summed E-state index contributed by atoms with van der Waals surface area (Å²) in [5.74, 6) is -0.482. The highest BCUT2D eigenvalue weighted by Crippen LogP contribution is 2.31. The first-order valence-corrected chi connectivity index (χ1v) is 6.74. The molecule has 20 heavy (non-hydrogen) atoms. The smallest absolute Gasteiger partial charge is 0.390 e. The highest BCUT2D eigenvalue weighted by Gasteiger charge is 2.31. The van der Waals surface area contributed by atoms with Gasteiger partial charge >= 0.3 is 6.18 Å². The lowest BCUT2D eigenvalue weighted by molar-refractivity contribution is -0.137. The van der Waals surface area contributed by atoms with Gasteiger partial charge in [-0.15, -0.1) is 11.3 Å². The number of carbonyl (C=O) groups excluding carboxylic acids is 1. The number of nitrogens with two attached hydrogens (primary N) is 1. The number of nitrogen functional groups attached to an aromatic ring is 1. The number of hydrogen-bond acceptors (Lipinski definition) is 3. The fourth-order valence-electron chi connectivity index (χ4n) is 1.80. The van der Waals surface area contributed by atoms with E-state index in [2.05, 4.69) is 0 Å². The summed E-state index contributed by atoms with van der Waals surface area (Å²) in [6.45, 7) is 1.92. The topological polar surface area (TPSA) is 43.1 Å². The van der Waals surface area contributed by atoms with Gasteiger partial charge in [0.25, 0.3) is 0 Å². The zero-order valence-electron chi connectivity index (χ0n) is 10.6. The van der Waals surface area contributed by atoms with Crippen LogP contribution in [-0.2, 0) is 12.6 Å². The van der Waals surface area contributed by atoms with E-state index in [0.29, 0.717) is 5.00 Å². The van der Waals surface area contributed by atoms with Crippen LogP contribution in [0.3, 0.4) is 0 Å². The van der Waals surface area contributed by atoms with Gasteiger partial charge in [-0.3, -0.25) is 4.79 Å². The summed E-state index contributed by atoms with van der Waals surface area (Å²) >= 11 is 1.28. The maximum Gasteiger partial charge on any atom is 0.416 e. The second-order valence-corrected chi connectivity index (χ2v) is 5.42. The van der Waals surface area contributed by atoms with Crippen LogP contribution >= 0.6 is 11.3 Å².